The maximum atomic E-state index is 13.9. The highest BCUT2D eigenvalue weighted by atomic mass is 19.1. The quantitative estimate of drug-likeness (QED) is 0.0517. The number of nitrogens with one attached hydrogen (secondary N) is 4. The van der Waals surface area contributed by atoms with Crippen molar-refractivity contribution in [3.05, 3.63) is 326 Å². The van der Waals surface area contributed by atoms with Gasteiger partial charge in [-0.1, -0.05) is 99.9 Å². The van der Waals surface area contributed by atoms with Gasteiger partial charge < -0.3 is 51.9 Å². The van der Waals surface area contributed by atoms with Crippen LogP contribution in [0.3, 0.4) is 0 Å². The van der Waals surface area contributed by atoms with E-state index >= 15 is 0 Å². The molecular formula is C98H84F6N14O8. The van der Waals surface area contributed by atoms with Crippen LogP contribution < -0.4 is 21.3 Å². The molecule has 4 fully saturated rings. The minimum atomic E-state index is -0.602. The molecule has 0 unspecified atom stereocenters. The molecule has 0 spiro atoms. The number of halogens is 6. The van der Waals surface area contributed by atoms with E-state index in [1.165, 1.54) is 105 Å². The van der Waals surface area contributed by atoms with Crippen LogP contribution >= 0.6 is 0 Å². The van der Waals surface area contributed by atoms with Crippen LogP contribution in [0.2, 0.25) is 0 Å². The molecule has 4 aliphatic rings. The van der Waals surface area contributed by atoms with Gasteiger partial charge in [-0.15, -0.1) is 0 Å². The number of amides is 4. The fourth-order valence-corrected chi connectivity index (χ4v) is 16.7. The molecule has 0 aliphatic heterocycles. The van der Waals surface area contributed by atoms with Crippen molar-refractivity contribution < 1.29 is 63.2 Å². The van der Waals surface area contributed by atoms with Gasteiger partial charge >= 0.3 is 0 Å². The molecule has 0 bridgehead atoms. The van der Waals surface area contributed by atoms with Gasteiger partial charge in [-0.3, -0.25) is 34.5 Å². The number of benzene rings is 6. The van der Waals surface area contributed by atoms with Crippen LogP contribution in [0.1, 0.15) is 169 Å². The molecule has 0 saturated heterocycles. The van der Waals surface area contributed by atoms with Crippen LogP contribution in [-0.4, -0.2) is 71.8 Å². The third kappa shape index (κ3) is 18.7. The largest absolute Gasteiger partial charge is 0.449 e. The van der Waals surface area contributed by atoms with E-state index in [-0.39, 0.29) is 63.5 Å². The van der Waals surface area contributed by atoms with E-state index < -0.39 is 46.9 Å². The zero-order valence-corrected chi connectivity index (χ0v) is 68.0. The fraction of sp³-hybridized carbons (Fsp3) is 0.204. The summed E-state index contributed by atoms with van der Waals surface area (Å²) in [5, 5.41) is 10.3. The van der Waals surface area contributed by atoms with E-state index in [9.17, 15) is 45.5 Å². The first-order valence-corrected chi connectivity index (χ1v) is 41.9. The number of aromatic nitrogens is 10. The monoisotopic (exact) mass is 1700 g/mol. The molecule has 22 nitrogen and oxygen atoms in total. The van der Waals surface area contributed by atoms with Crippen molar-refractivity contribution in [3.63, 3.8) is 0 Å². The second kappa shape index (κ2) is 38.2. The summed E-state index contributed by atoms with van der Waals surface area (Å²) in [6.07, 6.45) is 32.0. The average Bonchev–Trinajstić information content (AvgIpc) is 1.64. The summed E-state index contributed by atoms with van der Waals surface area (Å²) in [5.74, 6) is -2.34. The number of hydrogen-bond donors (Lipinski definition) is 4. The van der Waals surface area contributed by atoms with E-state index in [1.54, 1.807) is 153 Å². The number of hydrogen-bond acceptors (Lipinski definition) is 14. The van der Waals surface area contributed by atoms with E-state index in [0.717, 1.165) is 133 Å². The summed E-state index contributed by atoms with van der Waals surface area (Å²) in [4.78, 5) is 77.3. The Bertz CT molecular complexity index is 6290. The van der Waals surface area contributed by atoms with E-state index in [2.05, 4.69) is 69.4 Å². The molecule has 4 saturated carbocycles. The maximum absolute atomic E-state index is 13.9. The lowest BCUT2D eigenvalue weighted by atomic mass is 10.1. The summed E-state index contributed by atoms with van der Waals surface area (Å²) in [6.45, 7) is 0. The van der Waals surface area contributed by atoms with Gasteiger partial charge in [0.2, 0.25) is 5.88 Å². The van der Waals surface area contributed by atoms with Crippen LogP contribution in [0, 0.1) is 34.9 Å². The van der Waals surface area contributed by atoms with Crippen LogP contribution in [0.15, 0.2) is 286 Å². The van der Waals surface area contributed by atoms with Gasteiger partial charge in [-0.2, -0.15) is 0 Å². The lowest BCUT2D eigenvalue weighted by Gasteiger charge is -2.15. The SMILES string of the molecule is O=C(Nc1ccc(-c2c(-c3ccc(F)cc3)ncn2C2CCCC2)o1)c1ccccc1F.O=C(Nc1ccccc1F)c1ccc(-c2c(-c3ccc(F)cc3)ncn2C2CCCC2)o1.O=C(Nc1ccccc1F)c1ccc(-c2c(-c3cccnc3)ncn2C2CCCC2)o1.O=C(Nc1ccccc1F)c1ccc(-c2c(-c3cccnc3)ncn2C2CCCC2)o1. The Morgan fingerprint density at radius 3 is 0.913 bits per heavy atom. The second-order valence-electron chi connectivity index (χ2n) is 31.0. The average molecular weight is 1700 g/mol. The predicted octanol–water partition coefficient (Wildman–Crippen LogP) is 24.3. The Balaban J connectivity index is 0.000000119. The van der Waals surface area contributed by atoms with Crippen molar-refractivity contribution in [2.75, 3.05) is 21.3 Å². The molecule has 636 valence electrons. The minimum Gasteiger partial charge on any atom is -0.449 e. The fourth-order valence-electron chi connectivity index (χ4n) is 16.7. The molecule has 126 heavy (non-hydrogen) atoms. The summed E-state index contributed by atoms with van der Waals surface area (Å²) >= 11 is 0. The van der Waals surface area contributed by atoms with Crippen molar-refractivity contribution in [1.29, 1.82) is 0 Å². The van der Waals surface area contributed by atoms with Crippen molar-refractivity contribution >= 4 is 46.6 Å². The Hall–Kier alpha value is -15.0. The summed E-state index contributed by atoms with van der Waals surface area (Å²) < 4.78 is 115. The number of anilines is 4. The smallest absolute Gasteiger partial charge is 0.291 e. The molecule has 4 amide bonds. The third-order valence-electron chi connectivity index (χ3n) is 22.9. The third-order valence-corrected chi connectivity index (χ3v) is 22.9. The van der Waals surface area contributed by atoms with E-state index in [1.807, 2.05) is 36.9 Å². The molecule has 0 atom stereocenters. The standard InChI is InChI=1S/2C25H21F2N3O2.2C24H21FN4O2/c26-17-11-9-16(10-12-17)23-24(30(15-28-23)18-5-1-2-6-18)21-13-14-22(32-21)25(31)29-20-8-4-3-7-19(20)27;26-17-11-9-16(10-12-17)23-24(30(15-28-23)18-5-1-2-6-18)21-13-14-22(32-21)29-25(31)19-7-3-4-8-20(19)27;2*25-18-9-3-4-10-19(18)28-24(30)21-12-11-20(31-21)23-22(16-6-5-13-26-14-16)27-15-29(23)17-7-1-2-8-17/h2*3-4,7-15,18H,1-2,5-6H2,(H,29,31);2*3-6,9-15,17H,1-2,7-8H2,(H,28,30). The lowest BCUT2D eigenvalue weighted by molar-refractivity contribution is 0.0989. The lowest BCUT2D eigenvalue weighted by Crippen LogP contribution is -2.13. The summed E-state index contributed by atoms with van der Waals surface area (Å²) in [7, 11) is 0. The predicted molar refractivity (Wildman–Crippen MR) is 464 cm³/mol. The van der Waals surface area contributed by atoms with Crippen LogP contribution in [0.4, 0.5) is 49.3 Å². The van der Waals surface area contributed by atoms with Crippen LogP contribution in [0.5, 0.6) is 0 Å². The first kappa shape index (κ1) is 83.3. The van der Waals surface area contributed by atoms with Crippen molar-refractivity contribution in [2.45, 2.75) is 127 Å². The zero-order chi connectivity index (χ0) is 86.6. The van der Waals surface area contributed by atoms with Crippen molar-refractivity contribution in [1.82, 2.24) is 48.2 Å². The summed E-state index contributed by atoms with van der Waals surface area (Å²) in [5.41, 5.74) is 9.54. The highest BCUT2D eigenvalue weighted by Gasteiger charge is 2.32. The van der Waals surface area contributed by atoms with Gasteiger partial charge in [0.25, 0.3) is 23.6 Å². The number of imidazole rings is 4. The van der Waals surface area contributed by atoms with Gasteiger partial charge in [0.15, 0.2) is 40.3 Å². The molecule has 28 heteroatoms. The second-order valence-corrected chi connectivity index (χ2v) is 31.0. The Morgan fingerprint density at radius 1 is 0.294 bits per heavy atom. The number of carbonyl (C=O) groups excluding carboxylic acids is 4. The Kier molecular flexibility index (Phi) is 25.3. The molecule has 10 heterocycles. The number of nitrogens with zero attached hydrogens (tertiary/aromatic N) is 10. The summed E-state index contributed by atoms with van der Waals surface area (Å²) in [6, 6.07) is 58.4. The number of carbonyl (C=O) groups is 4. The molecule has 16 aromatic rings. The first-order chi connectivity index (χ1) is 61.6. The van der Waals surface area contributed by atoms with Crippen molar-refractivity contribution in [3.8, 4) is 90.8 Å². The highest BCUT2D eigenvalue weighted by molar-refractivity contribution is 6.05. The topological polar surface area (TPSA) is 266 Å². The molecule has 4 N–H and O–H groups in total. The number of rotatable bonds is 20. The van der Waals surface area contributed by atoms with Crippen LogP contribution in [-0.2, 0) is 0 Å². The number of para-hydroxylation sites is 3. The Labute approximate surface area is 719 Å². The van der Waals surface area contributed by atoms with Gasteiger partial charge in [-0.05, 0) is 215 Å². The normalized spacial score (nSPS) is 14.1. The molecule has 4 aliphatic carbocycles. The molecule has 10 aromatic heterocycles. The number of furan rings is 4. The van der Waals surface area contributed by atoms with Crippen molar-refractivity contribution in [2.24, 2.45) is 0 Å². The Morgan fingerprint density at radius 2 is 0.595 bits per heavy atom. The molecule has 0 radical (unpaired) electrons. The highest BCUT2D eigenvalue weighted by Crippen LogP contribution is 2.45. The molecule has 20 rings (SSSR count). The van der Waals surface area contributed by atoms with Gasteiger partial charge in [0, 0.05) is 77.3 Å². The van der Waals surface area contributed by atoms with Gasteiger partial charge in [0.05, 0.1) is 59.3 Å². The molecular weight excluding hydrogens is 1620 g/mol. The zero-order valence-electron chi connectivity index (χ0n) is 68.0. The van der Waals surface area contributed by atoms with E-state index in [4.69, 9.17) is 17.7 Å². The first-order valence-electron chi connectivity index (χ1n) is 41.9. The van der Waals surface area contributed by atoms with E-state index in [0.29, 0.717) is 52.6 Å². The van der Waals surface area contributed by atoms with Gasteiger partial charge in [-0.25, -0.2) is 46.3 Å². The number of pyridine rings is 2. The maximum Gasteiger partial charge on any atom is 0.291 e. The van der Waals surface area contributed by atoms with Gasteiger partial charge in [0.1, 0.15) is 69.1 Å². The minimum absolute atomic E-state index is 0.0616. The molecule has 6 aromatic carbocycles. The van der Waals surface area contributed by atoms with Crippen LogP contribution in [0.25, 0.3) is 90.8 Å².